The first-order chi connectivity index (χ1) is 7.77. The predicted octanol–water partition coefficient (Wildman–Crippen LogP) is 2.74. The van der Waals surface area contributed by atoms with E-state index < -0.39 is 0 Å². The number of rotatable bonds is 3. The second-order valence-corrected chi connectivity index (χ2v) is 4.80. The van der Waals surface area contributed by atoms with Crippen LogP contribution >= 0.6 is 0 Å². The van der Waals surface area contributed by atoms with Crippen molar-refractivity contribution in [1.82, 2.24) is 9.88 Å². The number of para-hydroxylation sites is 1. The van der Waals surface area contributed by atoms with Gasteiger partial charge in [-0.3, -0.25) is 0 Å². The molecular formula is C14H18N2. The highest BCUT2D eigenvalue weighted by molar-refractivity contribution is 5.85. The summed E-state index contributed by atoms with van der Waals surface area (Å²) in [6, 6.07) is 9.42. The van der Waals surface area contributed by atoms with Crippen LogP contribution < -0.4 is 5.32 Å². The number of benzene rings is 1. The third-order valence-corrected chi connectivity index (χ3v) is 3.64. The minimum absolute atomic E-state index is 0.775. The first kappa shape index (κ1) is 9.91. The van der Waals surface area contributed by atoms with Gasteiger partial charge in [-0.1, -0.05) is 18.2 Å². The van der Waals surface area contributed by atoms with E-state index in [9.17, 15) is 0 Å². The van der Waals surface area contributed by atoms with Crippen molar-refractivity contribution in [3.05, 3.63) is 35.5 Å². The number of aromatic nitrogens is 1. The Balaban J connectivity index is 2.01. The van der Waals surface area contributed by atoms with Crippen molar-refractivity contribution in [2.75, 3.05) is 0 Å². The van der Waals surface area contributed by atoms with E-state index in [0.717, 1.165) is 12.6 Å². The molecule has 1 aromatic carbocycles. The molecule has 0 unspecified atom stereocenters. The van der Waals surface area contributed by atoms with Crippen LogP contribution in [-0.2, 0) is 13.6 Å². The van der Waals surface area contributed by atoms with Crippen LogP contribution in [0.1, 0.15) is 24.1 Å². The Hall–Kier alpha value is -1.28. The Morgan fingerprint density at radius 3 is 2.75 bits per heavy atom. The van der Waals surface area contributed by atoms with Crippen molar-refractivity contribution in [3.63, 3.8) is 0 Å². The summed E-state index contributed by atoms with van der Waals surface area (Å²) in [7, 11) is 2.17. The third kappa shape index (κ3) is 1.54. The fraction of sp³-hybridized carbons (Fsp3) is 0.429. The molecule has 1 aromatic heterocycles. The van der Waals surface area contributed by atoms with E-state index in [2.05, 4.69) is 48.1 Å². The monoisotopic (exact) mass is 214 g/mol. The van der Waals surface area contributed by atoms with Crippen LogP contribution in [-0.4, -0.2) is 10.6 Å². The molecule has 0 amide bonds. The zero-order valence-corrected chi connectivity index (χ0v) is 9.96. The molecule has 1 heterocycles. The summed E-state index contributed by atoms with van der Waals surface area (Å²) >= 11 is 0. The molecule has 1 saturated carbocycles. The molecule has 0 aliphatic heterocycles. The maximum Gasteiger partial charge on any atom is 0.0483 e. The van der Waals surface area contributed by atoms with Gasteiger partial charge in [-0.2, -0.15) is 0 Å². The Morgan fingerprint density at radius 2 is 2.06 bits per heavy atom. The Kier molecular flexibility index (Phi) is 2.25. The lowest BCUT2D eigenvalue weighted by Crippen LogP contribution is -2.17. The van der Waals surface area contributed by atoms with Crippen molar-refractivity contribution < 1.29 is 0 Å². The van der Waals surface area contributed by atoms with E-state index >= 15 is 0 Å². The first-order valence-corrected chi connectivity index (χ1v) is 6.03. The van der Waals surface area contributed by atoms with Crippen LogP contribution in [0.2, 0.25) is 0 Å². The molecule has 2 nitrogen and oxygen atoms in total. The van der Waals surface area contributed by atoms with Gasteiger partial charge in [0.05, 0.1) is 0 Å². The van der Waals surface area contributed by atoms with Crippen LogP contribution in [0.3, 0.4) is 0 Å². The SMILES string of the molecule is Cc1c(CNC2CC2)n(C)c2ccccc12. The van der Waals surface area contributed by atoms with Gasteiger partial charge < -0.3 is 9.88 Å². The van der Waals surface area contributed by atoms with E-state index in [1.165, 1.54) is 35.0 Å². The quantitative estimate of drug-likeness (QED) is 0.831. The van der Waals surface area contributed by atoms with Gasteiger partial charge in [0.15, 0.2) is 0 Å². The van der Waals surface area contributed by atoms with Crippen LogP contribution in [0.15, 0.2) is 24.3 Å². The van der Waals surface area contributed by atoms with E-state index in [4.69, 9.17) is 0 Å². The van der Waals surface area contributed by atoms with Gasteiger partial charge in [-0.25, -0.2) is 0 Å². The Labute approximate surface area is 96.3 Å². The van der Waals surface area contributed by atoms with Crippen molar-refractivity contribution in [1.29, 1.82) is 0 Å². The molecule has 2 heteroatoms. The molecule has 3 rings (SSSR count). The molecule has 1 aliphatic rings. The summed E-state index contributed by atoms with van der Waals surface area (Å²) in [6.45, 7) is 3.23. The molecule has 0 spiro atoms. The molecule has 1 N–H and O–H groups in total. The van der Waals surface area contributed by atoms with Gasteiger partial charge in [0.25, 0.3) is 0 Å². The highest BCUT2D eigenvalue weighted by Crippen LogP contribution is 2.25. The first-order valence-electron chi connectivity index (χ1n) is 6.03. The normalized spacial score (nSPS) is 15.9. The molecule has 1 aliphatic carbocycles. The highest BCUT2D eigenvalue weighted by Gasteiger charge is 2.21. The average molecular weight is 214 g/mol. The van der Waals surface area contributed by atoms with Gasteiger partial charge in [-0.05, 0) is 31.4 Å². The number of hydrogen-bond acceptors (Lipinski definition) is 1. The van der Waals surface area contributed by atoms with Gasteiger partial charge in [0, 0.05) is 36.2 Å². The minimum atomic E-state index is 0.775. The van der Waals surface area contributed by atoms with Crippen molar-refractivity contribution in [2.45, 2.75) is 32.4 Å². The summed E-state index contributed by atoms with van der Waals surface area (Å²) < 4.78 is 2.32. The fourth-order valence-corrected chi connectivity index (χ4v) is 2.42. The maximum atomic E-state index is 3.59. The standard InChI is InChI=1S/C14H18N2/c1-10-12-5-3-4-6-13(12)16(2)14(10)9-15-11-7-8-11/h3-6,11,15H,7-9H2,1-2H3. The van der Waals surface area contributed by atoms with E-state index in [0.29, 0.717) is 0 Å². The summed E-state index contributed by atoms with van der Waals surface area (Å²) in [5, 5.41) is 4.98. The number of nitrogens with one attached hydrogen (secondary N) is 1. The maximum absolute atomic E-state index is 3.59. The molecule has 0 bridgehead atoms. The minimum Gasteiger partial charge on any atom is -0.346 e. The van der Waals surface area contributed by atoms with Crippen molar-refractivity contribution >= 4 is 10.9 Å². The van der Waals surface area contributed by atoms with Crippen LogP contribution in [0, 0.1) is 6.92 Å². The van der Waals surface area contributed by atoms with E-state index in [-0.39, 0.29) is 0 Å². The van der Waals surface area contributed by atoms with Crippen molar-refractivity contribution in [2.24, 2.45) is 7.05 Å². The van der Waals surface area contributed by atoms with Crippen LogP contribution in [0.4, 0.5) is 0 Å². The van der Waals surface area contributed by atoms with Crippen molar-refractivity contribution in [3.8, 4) is 0 Å². The van der Waals surface area contributed by atoms with Gasteiger partial charge >= 0.3 is 0 Å². The molecule has 16 heavy (non-hydrogen) atoms. The number of nitrogens with zero attached hydrogens (tertiary/aromatic N) is 1. The second kappa shape index (κ2) is 3.63. The summed E-state index contributed by atoms with van der Waals surface area (Å²) in [6.07, 6.45) is 2.70. The van der Waals surface area contributed by atoms with Gasteiger partial charge in [0.2, 0.25) is 0 Å². The molecule has 0 radical (unpaired) electrons. The lowest BCUT2D eigenvalue weighted by atomic mass is 10.1. The fourth-order valence-electron chi connectivity index (χ4n) is 2.42. The zero-order chi connectivity index (χ0) is 11.1. The molecule has 0 atom stereocenters. The Morgan fingerprint density at radius 1 is 1.31 bits per heavy atom. The number of aryl methyl sites for hydroxylation is 2. The molecule has 1 fully saturated rings. The molecule has 2 aromatic rings. The molecule has 84 valence electrons. The Bertz CT molecular complexity index is 482. The topological polar surface area (TPSA) is 17.0 Å². The number of fused-ring (bicyclic) bond motifs is 1. The smallest absolute Gasteiger partial charge is 0.0483 e. The molecule has 0 saturated heterocycles. The van der Waals surface area contributed by atoms with Gasteiger partial charge in [-0.15, -0.1) is 0 Å². The lowest BCUT2D eigenvalue weighted by molar-refractivity contribution is 0.652. The zero-order valence-electron chi connectivity index (χ0n) is 9.96. The average Bonchev–Trinajstić information content (AvgIpc) is 3.09. The summed E-state index contributed by atoms with van der Waals surface area (Å²) in [5.74, 6) is 0. The summed E-state index contributed by atoms with van der Waals surface area (Å²) in [4.78, 5) is 0. The predicted molar refractivity (Wildman–Crippen MR) is 67.5 cm³/mol. The van der Waals surface area contributed by atoms with Crippen LogP contribution in [0.5, 0.6) is 0 Å². The highest BCUT2D eigenvalue weighted by atomic mass is 15.0. The third-order valence-electron chi connectivity index (χ3n) is 3.64. The van der Waals surface area contributed by atoms with Crippen LogP contribution in [0.25, 0.3) is 10.9 Å². The largest absolute Gasteiger partial charge is 0.346 e. The molecular weight excluding hydrogens is 196 g/mol. The van der Waals surface area contributed by atoms with E-state index in [1.54, 1.807) is 0 Å². The second-order valence-electron chi connectivity index (χ2n) is 4.80. The van der Waals surface area contributed by atoms with E-state index in [1.807, 2.05) is 0 Å². The summed E-state index contributed by atoms with van der Waals surface area (Å²) in [5.41, 5.74) is 4.19. The lowest BCUT2D eigenvalue weighted by Gasteiger charge is -2.06. The van der Waals surface area contributed by atoms with Gasteiger partial charge in [0.1, 0.15) is 0 Å². The number of hydrogen-bond donors (Lipinski definition) is 1.